The second-order valence-corrected chi connectivity index (χ2v) is 6.60. The summed E-state index contributed by atoms with van der Waals surface area (Å²) in [6.45, 7) is 2.01. The van der Waals surface area contributed by atoms with Crippen molar-refractivity contribution in [1.82, 2.24) is 9.88 Å². The van der Waals surface area contributed by atoms with Crippen molar-refractivity contribution < 1.29 is 19.0 Å². The van der Waals surface area contributed by atoms with Gasteiger partial charge in [-0.2, -0.15) is 0 Å². The maximum Gasteiger partial charge on any atom is 0.322 e. The second-order valence-electron chi connectivity index (χ2n) is 6.60. The number of carbonyl (C=O) groups excluding carboxylic acids is 1. The molecular weight excluding hydrogens is 346 g/mol. The molecule has 0 unspecified atom stereocenters. The normalized spacial score (nSPS) is 18.7. The molecule has 1 N–H and O–H groups in total. The molecule has 27 heavy (non-hydrogen) atoms. The number of hydrogen-bond donors (Lipinski definition) is 1. The Balaban J connectivity index is 1.53. The minimum Gasteiger partial charge on any atom is -0.490 e. The van der Waals surface area contributed by atoms with Crippen molar-refractivity contribution in [2.75, 3.05) is 32.2 Å². The number of nitrogens with zero attached hydrogens (tertiary/aromatic N) is 2. The highest BCUT2D eigenvalue weighted by Crippen LogP contribution is 2.38. The number of rotatable bonds is 3. The fourth-order valence-electron chi connectivity index (χ4n) is 3.58. The number of amides is 2. The molecule has 0 radical (unpaired) electrons. The Morgan fingerprint density at radius 3 is 2.93 bits per heavy atom. The van der Waals surface area contributed by atoms with Crippen LogP contribution in [0.3, 0.4) is 0 Å². The van der Waals surface area contributed by atoms with Crippen LogP contribution in [0.1, 0.15) is 30.9 Å². The molecular formula is C20H23N3O4. The zero-order chi connectivity index (χ0) is 18.6. The average Bonchev–Trinajstić information content (AvgIpc) is 3.07. The van der Waals surface area contributed by atoms with Crippen molar-refractivity contribution in [2.45, 2.75) is 25.3 Å². The lowest BCUT2D eigenvalue weighted by molar-refractivity contribution is 0.206. The number of fused-ring (bicyclic) bond motifs is 1. The van der Waals surface area contributed by atoms with Crippen molar-refractivity contribution in [3.63, 3.8) is 0 Å². The van der Waals surface area contributed by atoms with E-state index in [0.717, 1.165) is 36.3 Å². The number of ether oxygens (including phenoxy) is 3. The van der Waals surface area contributed by atoms with E-state index in [1.54, 1.807) is 18.3 Å². The van der Waals surface area contributed by atoms with E-state index in [1.165, 1.54) is 7.11 Å². The summed E-state index contributed by atoms with van der Waals surface area (Å²) in [5, 5.41) is 2.92. The minimum atomic E-state index is -0.157. The molecule has 1 aromatic heterocycles. The summed E-state index contributed by atoms with van der Waals surface area (Å²) < 4.78 is 16.7. The largest absolute Gasteiger partial charge is 0.490 e. The Morgan fingerprint density at radius 2 is 2.07 bits per heavy atom. The van der Waals surface area contributed by atoms with Gasteiger partial charge in [0.25, 0.3) is 0 Å². The number of likely N-dealkylation sites (tertiary alicyclic amines) is 1. The van der Waals surface area contributed by atoms with Crippen molar-refractivity contribution >= 4 is 11.7 Å². The van der Waals surface area contributed by atoms with Gasteiger partial charge >= 0.3 is 6.03 Å². The molecule has 0 saturated carbocycles. The minimum absolute atomic E-state index is 0.00446. The van der Waals surface area contributed by atoms with E-state index in [-0.39, 0.29) is 12.1 Å². The average molecular weight is 369 g/mol. The number of urea groups is 1. The van der Waals surface area contributed by atoms with Crippen LogP contribution in [-0.4, -0.2) is 42.8 Å². The van der Waals surface area contributed by atoms with Gasteiger partial charge < -0.3 is 24.4 Å². The second kappa shape index (κ2) is 7.73. The van der Waals surface area contributed by atoms with Crippen LogP contribution < -0.4 is 19.5 Å². The van der Waals surface area contributed by atoms with Crippen LogP contribution in [0.25, 0.3) is 0 Å². The number of pyridine rings is 1. The Morgan fingerprint density at radius 1 is 1.22 bits per heavy atom. The molecule has 7 heteroatoms. The number of hydrogen-bond acceptors (Lipinski definition) is 5. The molecule has 2 amide bonds. The predicted molar refractivity (Wildman–Crippen MR) is 101 cm³/mol. The summed E-state index contributed by atoms with van der Waals surface area (Å²) in [4.78, 5) is 18.9. The number of benzene rings is 1. The summed E-state index contributed by atoms with van der Waals surface area (Å²) in [5.41, 5.74) is 1.62. The van der Waals surface area contributed by atoms with E-state index >= 15 is 0 Å². The molecule has 142 valence electrons. The van der Waals surface area contributed by atoms with E-state index in [0.29, 0.717) is 31.3 Å². The molecule has 7 nitrogen and oxygen atoms in total. The summed E-state index contributed by atoms with van der Waals surface area (Å²) in [6, 6.07) is 9.36. The highest BCUT2D eigenvalue weighted by atomic mass is 16.5. The Kier molecular flexibility index (Phi) is 5.00. The smallest absolute Gasteiger partial charge is 0.322 e. The fourth-order valence-corrected chi connectivity index (χ4v) is 3.58. The van der Waals surface area contributed by atoms with Crippen LogP contribution in [0.15, 0.2) is 36.5 Å². The first-order chi connectivity index (χ1) is 13.3. The Labute approximate surface area is 158 Å². The van der Waals surface area contributed by atoms with Crippen molar-refractivity contribution in [1.29, 1.82) is 0 Å². The van der Waals surface area contributed by atoms with Crippen molar-refractivity contribution in [2.24, 2.45) is 0 Å². The lowest BCUT2D eigenvalue weighted by Gasteiger charge is -2.26. The highest BCUT2D eigenvalue weighted by molar-refractivity contribution is 5.91. The molecule has 3 heterocycles. The molecule has 1 atom stereocenters. The van der Waals surface area contributed by atoms with Crippen LogP contribution in [0, 0.1) is 0 Å². The van der Waals surface area contributed by atoms with Gasteiger partial charge in [0.15, 0.2) is 11.5 Å². The molecule has 2 aromatic rings. The predicted octanol–water partition coefficient (Wildman–Crippen LogP) is 3.62. The molecule has 2 aliphatic rings. The highest BCUT2D eigenvalue weighted by Gasteiger charge is 2.31. The molecule has 1 fully saturated rings. The van der Waals surface area contributed by atoms with Gasteiger partial charge in [-0.1, -0.05) is 6.07 Å². The van der Waals surface area contributed by atoms with Gasteiger partial charge in [0, 0.05) is 19.2 Å². The number of anilines is 1. The number of aromatic nitrogens is 1. The first-order valence-corrected chi connectivity index (χ1v) is 9.22. The van der Waals surface area contributed by atoms with Gasteiger partial charge in [-0.3, -0.25) is 0 Å². The topological polar surface area (TPSA) is 72.9 Å². The number of carbonyl (C=O) groups is 1. The number of nitrogens with one attached hydrogen (secondary N) is 1. The van der Waals surface area contributed by atoms with E-state index in [9.17, 15) is 4.79 Å². The third-order valence-corrected chi connectivity index (χ3v) is 4.88. The van der Waals surface area contributed by atoms with E-state index < -0.39 is 0 Å². The Bertz CT molecular complexity index is 827. The first-order valence-electron chi connectivity index (χ1n) is 9.22. The van der Waals surface area contributed by atoms with Gasteiger partial charge in [0.05, 0.1) is 26.4 Å². The lowest BCUT2D eigenvalue weighted by Crippen LogP contribution is -2.34. The van der Waals surface area contributed by atoms with Gasteiger partial charge in [-0.25, -0.2) is 9.78 Å². The summed E-state index contributed by atoms with van der Waals surface area (Å²) in [6.07, 6.45) is 4.37. The standard InChI is InChI=1S/C20H23N3O4/c1-25-19-15(5-2-9-21-19)22-20(24)23-10-3-6-16(23)14-7-8-17-18(13-14)27-12-4-11-26-17/h2,5,7-9,13,16H,3-4,6,10-12H2,1H3,(H,22,24)/t16-/m1/s1. The molecule has 0 bridgehead atoms. The van der Waals surface area contributed by atoms with E-state index in [2.05, 4.69) is 10.3 Å². The zero-order valence-corrected chi connectivity index (χ0v) is 15.3. The SMILES string of the molecule is COc1ncccc1NC(=O)N1CCC[C@@H]1c1ccc2c(c1)OCCCO2. The fraction of sp³-hybridized carbons (Fsp3) is 0.400. The number of methoxy groups -OCH3 is 1. The molecule has 1 aromatic carbocycles. The third-order valence-electron chi connectivity index (χ3n) is 4.88. The molecule has 1 saturated heterocycles. The quantitative estimate of drug-likeness (QED) is 0.895. The third kappa shape index (κ3) is 3.63. The van der Waals surface area contributed by atoms with Crippen molar-refractivity contribution in [3.05, 3.63) is 42.1 Å². The lowest BCUT2D eigenvalue weighted by atomic mass is 10.0. The summed E-state index contributed by atoms with van der Waals surface area (Å²) in [5.74, 6) is 1.92. The summed E-state index contributed by atoms with van der Waals surface area (Å²) in [7, 11) is 1.54. The van der Waals surface area contributed by atoms with Crippen LogP contribution in [0.4, 0.5) is 10.5 Å². The summed E-state index contributed by atoms with van der Waals surface area (Å²) >= 11 is 0. The maximum atomic E-state index is 12.9. The van der Waals surface area contributed by atoms with Crippen molar-refractivity contribution in [3.8, 4) is 17.4 Å². The molecule has 0 aliphatic carbocycles. The molecule has 4 rings (SSSR count). The van der Waals surface area contributed by atoms with Crippen LogP contribution in [0.2, 0.25) is 0 Å². The first kappa shape index (κ1) is 17.5. The molecule has 2 aliphatic heterocycles. The zero-order valence-electron chi connectivity index (χ0n) is 15.3. The molecule has 0 spiro atoms. The maximum absolute atomic E-state index is 12.9. The van der Waals surface area contributed by atoms with Gasteiger partial charge in [-0.05, 0) is 42.7 Å². The van der Waals surface area contributed by atoms with E-state index in [1.807, 2.05) is 23.1 Å². The monoisotopic (exact) mass is 369 g/mol. The van der Waals surface area contributed by atoms with E-state index in [4.69, 9.17) is 14.2 Å². The van der Waals surface area contributed by atoms with Crippen LogP contribution in [0.5, 0.6) is 17.4 Å². The van der Waals surface area contributed by atoms with Gasteiger partial charge in [-0.15, -0.1) is 0 Å². The van der Waals surface area contributed by atoms with Gasteiger partial charge in [0.2, 0.25) is 5.88 Å². The van der Waals surface area contributed by atoms with Gasteiger partial charge in [0.1, 0.15) is 5.69 Å². The van der Waals surface area contributed by atoms with Crippen LogP contribution in [-0.2, 0) is 0 Å². The Hall–Kier alpha value is -2.96. The van der Waals surface area contributed by atoms with Crippen LogP contribution >= 0.6 is 0 Å².